The minimum atomic E-state index is -1.68. The Labute approximate surface area is 169 Å². The SMILES string of the molecule is Cc1ccc(C)c(OP(Oc2cc(C)ccc2C)Oc2cc(C)ccc2C)c1. The molecule has 3 nitrogen and oxygen atoms in total. The van der Waals surface area contributed by atoms with Crippen LogP contribution in [0.4, 0.5) is 0 Å². The van der Waals surface area contributed by atoms with Crippen molar-refractivity contribution in [1.29, 1.82) is 0 Å². The average Bonchev–Trinajstić information content (AvgIpc) is 2.64. The summed E-state index contributed by atoms with van der Waals surface area (Å²) < 4.78 is 18.7. The summed E-state index contributed by atoms with van der Waals surface area (Å²) in [6, 6.07) is 18.4. The van der Waals surface area contributed by atoms with Gasteiger partial charge in [-0.25, -0.2) is 0 Å². The molecule has 0 saturated heterocycles. The fourth-order valence-electron chi connectivity index (χ4n) is 2.71. The third-order valence-electron chi connectivity index (χ3n) is 4.55. The van der Waals surface area contributed by atoms with Crippen LogP contribution in [0.5, 0.6) is 17.2 Å². The second-order valence-electron chi connectivity index (χ2n) is 7.30. The van der Waals surface area contributed by atoms with E-state index >= 15 is 0 Å². The topological polar surface area (TPSA) is 27.7 Å². The monoisotopic (exact) mass is 394 g/mol. The van der Waals surface area contributed by atoms with Crippen LogP contribution in [0, 0.1) is 41.5 Å². The maximum atomic E-state index is 6.24. The van der Waals surface area contributed by atoms with E-state index in [0.717, 1.165) is 50.6 Å². The first-order valence-electron chi connectivity index (χ1n) is 9.37. The van der Waals surface area contributed by atoms with Crippen LogP contribution in [-0.2, 0) is 0 Å². The van der Waals surface area contributed by atoms with Crippen LogP contribution in [0.25, 0.3) is 0 Å². The number of benzene rings is 3. The number of rotatable bonds is 6. The zero-order valence-corrected chi connectivity index (χ0v) is 18.3. The Hall–Kier alpha value is -2.51. The molecule has 0 aliphatic heterocycles. The molecule has 0 heterocycles. The molecule has 0 aliphatic carbocycles. The van der Waals surface area contributed by atoms with Gasteiger partial charge in [0.1, 0.15) is 17.2 Å². The van der Waals surface area contributed by atoms with Crippen LogP contribution in [0.2, 0.25) is 0 Å². The molecule has 0 atom stereocenters. The predicted octanol–water partition coefficient (Wildman–Crippen LogP) is 7.30. The molecule has 146 valence electrons. The number of aryl methyl sites for hydroxylation is 6. The first kappa shape index (κ1) is 20.2. The van der Waals surface area contributed by atoms with E-state index in [4.69, 9.17) is 13.6 Å². The van der Waals surface area contributed by atoms with Crippen molar-refractivity contribution in [3.8, 4) is 17.2 Å². The zero-order valence-electron chi connectivity index (χ0n) is 17.4. The van der Waals surface area contributed by atoms with Crippen LogP contribution in [-0.4, -0.2) is 0 Å². The number of hydrogen-bond acceptors (Lipinski definition) is 3. The van der Waals surface area contributed by atoms with Gasteiger partial charge in [-0.15, -0.1) is 0 Å². The Bertz CT molecular complexity index is 854. The largest absolute Gasteiger partial charge is 0.530 e. The van der Waals surface area contributed by atoms with E-state index in [1.54, 1.807) is 0 Å². The molecule has 0 saturated carbocycles. The summed E-state index contributed by atoms with van der Waals surface area (Å²) in [5, 5.41) is 0. The first-order chi connectivity index (χ1) is 13.3. The highest BCUT2D eigenvalue weighted by atomic mass is 31.2. The van der Waals surface area contributed by atoms with Crippen molar-refractivity contribution >= 4 is 8.60 Å². The smallest absolute Gasteiger partial charge is 0.408 e. The lowest BCUT2D eigenvalue weighted by Gasteiger charge is -2.21. The Morgan fingerprint density at radius 2 is 0.750 bits per heavy atom. The van der Waals surface area contributed by atoms with Crippen molar-refractivity contribution in [2.75, 3.05) is 0 Å². The van der Waals surface area contributed by atoms with Gasteiger partial charge < -0.3 is 13.6 Å². The second kappa shape index (κ2) is 8.67. The van der Waals surface area contributed by atoms with Crippen molar-refractivity contribution in [3.05, 3.63) is 88.0 Å². The van der Waals surface area contributed by atoms with Crippen molar-refractivity contribution in [2.45, 2.75) is 41.5 Å². The molecule has 28 heavy (non-hydrogen) atoms. The third-order valence-corrected chi connectivity index (χ3v) is 5.59. The molecule has 0 unspecified atom stereocenters. The van der Waals surface area contributed by atoms with Gasteiger partial charge in [0.2, 0.25) is 0 Å². The van der Waals surface area contributed by atoms with Crippen molar-refractivity contribution in [3.63, 3.8) is 0 Å². The van der Waals surface area contributed by atoms with Crippen LogP contribution >= 0.6 is 8.60 Å². The van der Waals surface area contributed by atoms with Gasteiger partial charge >= 0.3 is 8.60 Å². The van der Waals surface area contributed by atoms with Gasteiger partial charge in [-0.3, -0.25) is 0 Å². The summed E-state index contributed by atoms with van der Waals surface area (Å²) in [6.07, 6.45) is 0. The maximum Gasteiger partial charge on any atom is 0.530 e. The maximum absolute atomic E-state index is 6.24. The van der Waals surface area contributed by atoms with Gasteiger partial charge in [0.25, 0.3) is 0 Å². The molecule has 0 aromatic heterocycles. The summed E-state index contributed by atoms with van der Waals surface area (Å²) >= 11 is 0. The molecule has 0 N–H and O–H groups in total. The van der Waals surface area contributed by atoms with Gasteiger partial charge in [-0.2, -0.15) is 0 Å². The lowest BCUT2D eigenvalue weighted by atomic mass is 10.1. The predicted molar refractivity (Wildman–Crippen MR) is 117 cm³/mol. The van der Waals surface area contributed by atoms with Crippen LogP contribution in [0.15, 0.2) is 54.6 Å². The molecule has 3 aromatic carbocycles. The van der Waals surface area contributed by atoms with E-state index in [2.05, 4.69) is 18.2 Å². The summed E-state index contributed by atoms with van der Waals surface area (Å²) in [5.74, 6) is 2.34. The lowest BCUT2D eigenvalue weighted by molar-refractivity contribution is 0.384. The van der Waals surface area contributed by atoms with Gasteiger partial charge in [0.05, 0.1) is 0 Å². The molecule has 3 rings (SSSR count). The second-order valence-corrected chi connectivity index (χ2v) is 8.30. The molecule has 0 bridgehead atoms. The van der Waals surface area contributed by atoms with Crippen LogP contribution in [0.3, 0.4) is 0 Å². The molecule has 0 aliphatic rings. The van der Waals surface area contributed by atoms with Crippen LogP contribution in [0.1, 0.15) is 33.4 Å². The van der Waals surface area contributed by atoms with E-state index in [0.29, 0.717) is 0 Å². The Morgan fingerprint density at radius 3 is 1.04 bits per heavy atom. The van der Waals surface area contributed by atoms with Crippen molar-refractivity contribution < 1.29 is 13.6 Å². The zero-order chi connectivity index (χ0) is 20.3. The highest BCUT2D eigenvalue weighted by molar-refractivity contribution is 7.43. The number of hydrogen-bond donors (Lipinski definition) is 0. The standard InChI is InChI=1S/C24H27O3P/c1-16-7-10-19(4)22(13-16)25-28(26-23-14-17(2)8-11-20(23)5)27-24-15-18(3)9-12-21(24)6/h7-15H,1-6H3. The van der Waals surface area contributed by atoms with E-state index in [9.17, 15) is 0 Å². The van der Waals surface area contributed by atoms with E-state index in [1.807, 2.05) is 77.9 Å². The third kappa shape index (κ3) is 5.05. The quantitative estimate of drug-likeness (QED) is 0.411. The first-order valence-corrected chi connectivity index (χ1v) is 10.5. The van der Waals surface area contributed by atoms with Crippen molar-refractivity contribution in [1.82, 2.24) is 0 Å². The molecule has 0 radical (unpaired) electrons. The van der Waals surface area contributed by atoms with Gasteiger partial charge in [-0.1, -0.05) is 36.4 Å². The Kier molecular flexibility index (Phi) is 6.26. The minimum Gasteiger partial charge on any atom is -0.408 e. The van der Waals surface area contributed by atoms with E-state index < -0.39 is 8.60 Å². The normalized spacial score (nSPS) is 10.8. The Balaban J connectivity index is 1.94. The molecule has 0 spiro atoms. The molecular formula is C24H27O3P. The molecule has 0 amide bonds. The molecule has 3 aromatic rings. The van der Waals surface area contributed by atoms with Crippen LogP contribution < -0.4 is 13.6 Å². The minimum absolute atomic E-state index is 0.779. The average molecular weight is 394 g/mol. The summed E-state index contributed by atoms with van der Waals surface area (Å²) in [4.78, 5) is 0. The van der Waals surface area contributed by atoms with E-state index in [-0.39, 0.29) is 0 Å². The molecule has 4 heteroatoms. The van der Waals surface area contributed by atoms with Gasteiger partial charge in [-0.05, 0) is 93.1 Å². The summed E-state index contributed by atoms with van der Waals surface area (Å²) in [5.41, 5.74) is 6.55. The fraction of sp³-hybridized carbons (Fsp3) is 0.250. The molecular weight excluding hydrogens is 367 g/mol. The summed E-state index contributed by atoms with van der Waals surface area (Å²) in [7, 11) is -1.68. The fourth-order valence-corrected chi connectivity index (χ4v) is 3.90. The van der Waals surface area contributed by atoms with E-state index in [1.165, 1.54) is 0 Å². The Morgan fingerprint density at radius 1 is 0.464 bits per heavy atom. The summed E-state index contributed by atoms with van der Waals surface area (Å²) in [6.45, 7) is 12.2. The van der Waals surface area contributed by atoms with Gasteiger partial charge in [0.15, 0.2) is 0 Å². The lowest BCUT2D eigenvalue weighted by Crippen LogP contribution is -2.05. The highest BCUT2D eigenvalue weighted by Crippen LogP contribution is 2.45. The highest BCUT2D eigenvalue weighted by Gasteiger charge is 2.22. The molecule has 0 fully saturated rings. The van der Waals surface area contributed by atoms with Gasteiger partial charge in [0, 0.05) is 0 Å². The van der Waals surface area contributed by atoms with Crippen molar-refractivity contribution in [2.24, 2.45) is 0 Å².